The molecule has 15 heteroatoms. The van der Waals surface area contributed by atoms with E-state index in [-0.39, 0.29) is 6.61 Å². The fourth-order valence-electron chi connectivity index (χ4n) is 4.23. The van der Waals surface area contributed by atoms with Crippen LogP contribution in [-0.4, -0.2) is 143 Å². The second-order valence-electron chi connectivity index (χ2n) is 13.1. The van der Waals surface area contributed by atoms with E-state index in [1.807, 2.05) is 0 Å². The Kier molecular flexibility index (Phi) is 27.0. The summed E-state index contributed by atoms with van der Waals surface area (Å²) in [5, 5.41) is 0. The van der Waals surface area contributed by atoms with Gasteiger partial charge in [-0.1, -0.05) is 13.5 Å². The van der Waals surface area contributed by atoms with Crippen molar-refractivity contribution in [2.24, 2.45) is 5.92 Å². The van der Waals surface area contributed by atoms with Gasteiger partial charge in [0.25, 0.3) is 0 Å². The summed E-state index contributed by atoms with van der Waals surface area (Å²) in [6, 6.07) is 0.939. The fraction of sp³-hybridized carbons (Fsp3) is 0.903. The van der Waals surface area contributed by atoms with Crippen LogP contribution >= 0.6 is 0 Å². The Morgan fingerprint density at radius 3 is 1.09 bits per heavy atom. The Hall–Kier alpha value is -0.539. The van der Waals surface area contributed by atoms with Crippen LogP contribution in [0.1, 0.15) is 13.8 Å². The van der Waals surface area contributed by atoms with E-state index in [0.717, 1.165) is 6.04 Å². The van der Waals surface area contributed by atoms with Crippen LogP contribution in [0.5, 0.6) is 0 Å². The van der Waals surface area contributed by atoms with Crippen molar-refractivity contribution in [2.45, 2.75) is 65.7 Å². The fourth-order valence-corrected chi connectivity index (χ4v) is 17.2. The smallest absolute Gasteiger partial charge is 0.333 e. The van der Waals surface area contributed by atoms with Crippen LogP contribution in [0, 0.1) is 5.92 Å². The van der Waals surface area contributed by atoms with E-state index in [4.69, 9.17) is 50.9 Å². The van der Waals surface area contributed by atoms with Crippen molar-refractivity contribution < 1.29 is 55.7 Å². The summed E-state index contributed by atoms with van der Waals surface area (Å²) in [5.74, 6) is -0.0401. The Labute approximate surface area is 282 Å². The maximum Gasteiger partial charge on any atom is 0.333 e. The van der Waals surface area contributed by atoms with Crippen molar-refractivity contribution in [2.75, 3.05) is 112 Å². The Balaban J connectivity index is 3.46. The van der Waals surface area contributed by atoms with Gasteiger partial charge in [-0.25, -0.2) is 4.79 Å². The van der Waals surface area contributed by atoms with E-state index < -0.39 is 31.2 Å². The molecule has 1 atom stereocenters. The van der Waals surface area contributed by atoms with Gasteiger partial charge in [-0.3, -0.25) is 0 Å². The summed E-state index contributed by atoms with van der Waals surface area (Å²) in [4.78, 5) is 11.2. The van der Waals surface area contributed by atoms with E-state index in [1.54, 1.807) is 6.92 Å². The van der Waals surface area contributed by atoms with E-state index >= 15 is 0 Å². The van der Waals surface area contributed by atoms with Crippen molar-refractivity contribution in [3.8, 4) is 0 Å². The van der Waals surface area contributed by atoms with Crippen LogP contribution in [0.2, 0.25) is 51.9 Å². The molecular formula is C31H66O12Si3. The molecule has 274 valence electrons. The highest BCUT2D eigenvalue weighted by molar-refractivity contribution is 6.87. The van der Waals surface area contributed by atoms with Crippen LogP contribution < -0.4 is 0 Å². The molecule has 0 bridgehead atoms. The van der Waals surface area contributed by atoms with Crippen molar-refractivity contribution in [1.29, 1.82) is 0 Å². The molecule has 0 spiro atoms. The lowest BCUT2D eigenvalue weighted by molar-refractivity contribution is -0.140. The molecule has 46 heavy (non-hydrogen) atoms. The molecule has 0 aromatic carbocycles. The number of hydrogen-bond donors (Lipinski definition) is 0. The molecule has 0 amide bonds. The zero-order valence-electron chi connectivity index (χ0n) is 30.4. The van der Waals surface area contributed by atoms with Crippen molar-refractivity contribution in [3.05, 3.63) is 12.2 Å². The summed E-state index contributed by atoms with van der Waals surface area (Å²) >= 11 is 0. The number of esters is 1. The van der Waals surface area contributed by atoms with E-state index in [9.17, 15) is 4.79 Å². The third-order valence-electron chi connectivity index (χ3n) is 5.58. The summed E-state index contributed by atoms with van der Waals surface area (Å²) in [6.45, 7) is 31.1. The second-order valence-corrected chi connectivity index (χ2v) is 25.9. The SMILES string of the molecule is C=C(C)C(=O)OCCOCCOCCOCCOCCOCCOCCOCCOCC(C)C[Si](C)(O[Si](C)(C)C)O[Si](C)(C)C. The zero-order chi connectivity index (χ0) is 34.7. The highest BCUT2D eigenvalue weighted by Gasteiger charge is 2.41. The zero-order valence-corrected chi connectivity index (χ0v) is 33.4. The minimum atomic E-state index is -2.25. The van der Waals surface area contributed by atoms with Gasteiger partial charge >= 0.3 is 14.5 Å². The predicted octanol–water partition coefficient (Wildman–Crippen LogP) is 4.65. The number of rotatable bonds is 33. The molecule has 0 fully saturated rings. The third kappa shape index (κ3) is 32.0. The third-order valence-corrected chi connectivity index (χ3v) is 15.4. The lowest BCUT2D eigenvalue weighted by Crippen LogP contribution is -2.53. The van der Waals surface area contributed by atoms with E-state index in [2.05, 4.69) is 59.3 Å². The molecule has 0 radical (unpaired) electrons. The molecule has 0 aliphatic carbocycles. The number of ether oxygens (including phenoxy) is 9. The van der Waals surface area contributed by atoms with Crippen LogP contribution in [0.25, 0.3) is 0 Å². The monoisotopic (exact) mass is 714 g/mol. The Bertz CT molecular complexity index is 746. The average molecular weight is 715 g/mol. The first-order valence-electron chi connectivity index (χ1n) is 16.5. The minimum Gasteiger partial charge on any atom is -0.460 e. The van der Waals surface area contributed by atoms with E-state index in [1.165, 1.54) is 0 Å². The standard InChI is InChI=1S/C31H66O12Si3/c1-29(2)31(32)41-26-25-39-22-21-37-18-17-35-14-13-33-11-12-34-15-16-36-19-20-38-23-24-40-27-30(3)28-46(10,42-44(4,5)6)43-45(7,8)9/h30H,1,11-28H2,2-10H3. The quantitative estimate of drug-likeness (QED) is 0.0408. The van der Waals surface area contributed by atoms with Gasteiger partial charge in [0, 0.05) is 12.2 Å². The molecule has 0 rings (SSSR count). The molecule has 0 saturated carbocycles. The number of hydrogen-bond acceptors (Lipinski definition) is 12. The maximum atomic E-state index is 11.2. The molecular weight excluding hydrogens is 649 g/mol. The van der Waals surface area contributed by atoms with E-state index in [0.29, 0.717) is 117 Å². The summed E-state index contributed by atoms with van der Waals surface area (Å²) in [7, 11) is -5.64. The average Bonchev–Trinajstić information content (AvgIpc) is 2.92. The van der Waals surface area contributed by atoms with Gasteiger partial charge in [-0.15, -0.1) is 0 Å². The molecule has 0 saturated heterocycles. The predicted molar refractivity (Wildman–Crippen MR) is 187 cm³/mol. The van der Waals surface area contributed by atoms with Gasteiger partial charge in [-0.2, -0.15) is 0 Å². The molecule has 0 aromatic heterocycles. The van der Waals surface area contributed by atoms with Crippen molar-refractivity contribution in [3.63, 3.8) is 0 Å². The molecule has 0 N–H and O–H groups in total. The molecule has 0 heterocycles. The van der Waals surface area contributed by atoms with Crippen LogP contribution in [-0.2, 0) is 55.7 Å². The largest absolute Gasteiger partial charge is 0.460 e. The first kappa shape index (κ1) is 45.5. The van der Waals surface area contributed by atoms with Crippen molar-refractivity contribution in [1.82, 2.24) is 0 Å². The number of carbonyl (C=O) groups excluding carboxylic acids is 1. The van der Waals surface area contributed by atoms with Gasteiger partial charge in [-0.05, 0) is 64.7 Å². The highest BCUT2D eigenvalue weighted by Crippen LogP contribution is 2.27. The van der Waals surface area contributed by atoms with Gasteiger partial charge < -0.3 is 50.9 Å². The molecule has 0 aliphatic rings. The van der Waals surface area contributed by atoms with Crippen molar-refractivity contribution >= 4 is 31.2 Å². The minimum absolute atomic E-state index is 0.202. The Morgan fingerprint density at radius 2 is 0.804 bits per heavy atom. The lowest BCUT2D eigenvalue weighted by Gasteiger charge is -2.39. The Morgan fingerprint density at radius 1 is 0.522 bits per heavy atom. The molecule has 0 aliphatic heterocycles. The molecule has 1 unspecified atom stereocenters. The normalized spacial score (nSPS) is 13.2. The van der Waals surface area contributed by atoms with Crippen LogP contribution in [0.3, 0.4) is 0 Å². The highest BCUT2D eigenvalue weighted by atomic mass is 28.5. The molecule has 0 aromatic rings. The summed E-state index contributed by atoms with van der Waals surface area (Å²) < 4.78 is 62.3. The van der Waals surface area contributed by atoms with Crippen LogP contribution in [0.4, 0.5) is 0 Å². The lowest BCUT2D eigenvalue weighted by atomic mass is 10.2. The number of carbonyl (C=O) groups is 1. The summed E-state index contributed by atoms with van der Waals surface area (Å²) in [5.41, 5.74) is 0.373. The topological polar surface area (TPSA) is 119 Å². The second kappa shape index (κ2) is 27.3. The first-order valence-corrected chi connectivity index (χ1v) is 25.8. The summed E-state index contributed by atoms with van der Waals surface area (Å²) in [6.07, 6.45) is 0. The maximum absolute atomic E-state index is 11.2. The van der Waals surface area contributed by atoms with Gasteiger partial charge in [0.1, 0.15) is 6.61 Å². The van der Waals surface area contributed by atoms with Crippen LogP contribution in [0.15, 0.2) is 12.2 Å². The van der Waals surface area contributed by atoms with Gasteiger partial charge in [0.2, 0.25) is 0 Å². The van der Waals surface area contributed by atoms with Gasteiger partial charge in [0.05, 0.1) is 99.1 Å². The van der Waals surface area contributed by atoms with Gasteiger partial charge in [0.15, 0.2) is 16.6 Å². The molecule has 12 nitrogen and oxygen atoms in total. The first-order chi connectivity index (χ1) is 21.6.